The highest BCUT2D eigenvalue weighted by molar-refractivity contribution is 5.79. The van der Waals surface area contributed by atoms with E-state index in [9.17, 15) is 0 Å². The normalized spacial score (nSPS) is 17.2. The Morgan fingerprint density at radius 2 is 2.13 bits per heavy atom. The van der Waals surface area contributed by atoms with Crippen LogP contribution < -0.4 is 10.6 Å². The number of rotatable bonds is 8. The van der Waals surface area contributed by atoms with Crippen LogP contribution in [0, 0.1) is 11.3 Å². The van der Waals surface area contributed by atoms with Gasteiger partial charge in [-0.15, -0.1) is 10.2 Å². The highest BCUT2D eigenvalue weighted by Gasteiger charge is 2.37. The van der Waals surface area contributed by atoms with E-state index in [-0.39, 0.29) is 0 Å². The summed E-state index contributed by atoms with van der Waals surface area (Å²) in [7, 11) is 0. The maximum atomic E-state index is 4.68. The molecule has 1 fully saturated rings. The second-order valence-electron chi connectivity index (χ2n) is 7.03. The van der Waals surface area contributed by atoms with Crippen molar-refractivity contribution in [3.63, 3.8) is 0 Å². The third kappa shape index (κ3) is 4.94. The first-order chi connectivity index (χ1) is 11.1. The molecule has 2 N–H and O–H groups in total. The lowest BCUT2D eigenvalue weighted by Crippen LogP contribution is -2.47. The van der Waals surface area contributed by atoms with Crippen molar-refractivity contribution in [2.24, 2.45) is 16.3 Å². The Balaban J connectivity index is 1.94. The smallest absolute Gasteiger partial charge is 0.191 e. The van der Waals surface area contributed by atoms with Crippen LogP contribution in [0.5, 0.6) is 0 Å². The first-order valence-corrected chi connectivity index (χ1v) is 8.97. The molecule has 23 heavy (non-hydrogen) atoms. The molecule has 130 valence electrons. The average Bonchev–Trinajstić information content (AvgIpc) is 2.94. The van der Waals surface area contributed by atoms with Crippen LogP contribution in [0.1, 0.15) is 59.2 Å². The van der Waals surface area contributed by atoms with Crippen LogP contribution in [0.15, 0.2) is 11.3 Å². The van der Waals surface area contributed by atoms with Crippen molar-refractivity contribution >= 4 is 5.96 Å². The van der Waals surface area contributed by atoms with Gasteiger partial charge < -0.3 is 15.2 Å². The third-order valence-electron chi connectivity index (χ3n) is 4.65. The van der Waals surface area contributed by atoms with Crippen molar-refractivity contribution in [1.29, 1.82) is 0 Å². The van der Waals surface area contributed by atoms with E-state index in [0.717, 1.165) is 37.3 Å². The molecule has 1 saturated carbocycles. The molecule has 1 aromatic heterocycles. The van der Waals surface area contributed by atoms with Gasteiger partial charge in [0.25, 0.3) is 0 Å². The van der Waals surface area contributed by atoms with E-state index >= 15 is 0 Å². The maximum absolute atomic E-state index is 4.68. The summed E-state index contributed by atoms with van der Waals surface area (Å²) in [6.45, 7) is 12.1. The highest BCUT2D eigenvalue weighted by Crippen LogP contribution is 2.45. The standard InChI is InChI=1S/C17H32N6/c1-5-18-16(19-11-15-22-21-13-23(15)6-2)20-12-17(8-7-9-17)10-14(3)4/h13-14H,5-12H2,1-4H3,(H2,18,19,20). The topological polar surface area (TPSA) is 67.1 Å². The number of aliphatic imine (C=N–C) groups is 1. The van der Waals surface area contributed by atoms with E-state index in [1.54, 1.807) is 6.33 Å². The zero-order valence-corrected chi connectivity index (χ0v) is 15.1. The summed E-state index contributed by atoms with van der Waals surface area (Å²) in [6, 6.07) is 0. The molecule has 0 spiro atoms. The SMILES string of the molecule is CCNC(=NCc1nncn1CC)NCC1(CC(C)C)CCC1. The van der Waals surface area contributed by atoms with Gasteiger partial charge in [0.15, 0.2) is 11.8 Å². The number of hydrogen-bond acceptors (Lipinski definition) is 3. The van der Waals surface area contributed by atoms with Crippen molar-refractivity contribution < 1.29 is 0 Å². The van der Waals surface area contributed by atoms with E-state index in [2.05, 4.69) is 53.5 Å². The van der Waals surface area contributed by atoms with Crippen LogP contribution in [0.25, 0.3) is 0 Å². The van der Waals surface area contributed by atoms with Crippen molar-refractivity contribution in [2.45, 2.75) is 66.5 Å². The molecule has 6 heteroatoms. The molecule has 1 aliphatic carbocycles. The van der Waals surface area contributed by atoms with Crippen LogP contribution in [-0.4, -0.2) is 33.8 Å². The second-order valence-corrected chi connectivity index (χ2v) is 7.03. The minimum absolute atomic E-state index is 0.466. The zero-order valence-electron chi connectivity index (χ0n) is 15.1. The Kier molecular flexibility index (Phi) is 6.42. The quantitative estimate of drug-likeness (QED) is 0.571. The molecule has 0 saturated heterocycles. The van der Waals surface area contributed by atoms with E-state index in [1.807, 2.05) is 4.57 Å². The Morgan fingerprint density at radius 3 is 2.70 bits per heavy atom. The number of hydrogen-bond donors (Lipinski definition) is 2. The largest absolute Gasteiger partial charge is 0.357 e. The predicted octanol–water partition coefficient (Wildman–Crippen LogP) is 2.57. The number of aromatic nitrogens is 3. The number of guanidine groups is 1. The minimum Gasteiger partial charge on any atom is -0.357 e. The lowest BCUT2D eigenvalue weighted by Gasteiger charge is -2.43. The molecule has 0 atom stereocenters. The molecule has 0 aromatic carbocycles. The first kappa shape index (κ1) is 17.8. The summed E-state index contributed by atoms with van der Waals surface area (Å²) in [5.41, 5.74) is 0.466. The number of nitrogens with zero attached hydrogens (tertiary/aromatic N) is 4. The van der Waals surface area contributed by atoms with Gasteiger partial charge in [-0.3, -0.25) is 0 Å². The van der Waals surface area contributed by atoms with E-state index < -0.39 is 0 Å². The van der Waals surface area contributed by atoms with Crippen LogP contribution in [0.4, 0.5) is 0 Å². The first-order valence-electron chi connectivity index (χ1n) is 8.97. The van der Waals surface area contributed by atoms with Crippen LogP contribution in [0.2, 0.25) is 0 Å². The fraction of sp³-hybridized carbons (Fsp3) is 0.824. The summed E-state index contributed by atoms with van der Waals surface area (Å²) in [5, 5.41) is 15.0. The highest BCUT2D eigenvalue weighted by atomic mass is 15.3. The van der Waals surface area contributed by atoms with Gasteiger partial charge in [0.1, 0.15) is 12.9 Å². The molecule has 0 radical (unpaired) electrons. The molecular weight excluding hydrogens is 288 g/mol. The zero-order chi connectivity index (χ0) is 16.7. The predicted molar refractivity (Wildman–Crippen MR) is 94.3 cm³/mol. The van der Waals surface area contributed by atoms with Crippen LogP contribution in [-0.2, 0) is 13.1 Å². The van der Waals surface area contributed by atoms with Gasteiger partial charge in [-0.05, 0) is 44.4 Å². The fourth-order valence-corrected chi connectivity index (χ4v) is 3.42. The van der Waals surface area contributed by atoms with Crippen molar-refractivity contribution in [3.05, 3.63) is 12.2 Å². The third-order valence-corrected chi connectivity index (χ3v) is 4.65. The summed E-state index contributed by atoms with van der Waals surface area (Å²) < 4.78 is 2.03. The van der Waals surface area contributed by atoms with E-state index in [0.29, 0.717) is 12.0 Å². The summed E-state index contributed by atoms with van der Waals surface area (Å²) in [6.07, 6.45) is 7.09. The summed E-state index contributed by atoms with van der Waals surface area (Å²) in [5.74, 6) is 2.54. The molecule has 0 unspecified atom stereocenters. The van der Waals surface area contributed by atoms with Gasteiger partial charge in [0.05, 0.1) is 0 Å². The minimum atomic E-state index is 0.466. The van der Waals surface area contributed by atoms with Gasteiger partial charge in [-0.2, -0.15) is 0 Å². The van der Waals surface area contributed by atoms with Crippen LogP contribution in [0.3, 0.4) is 0 Å². The van der Waals surface area contributed by atoms with E-state index in [1.165, 1.54) is 25.7 Å². The van der Waals surface area contributed by atoms with Crippen molar-refractivity contribution in [3.8, 4) is 0 Å². The van der Waals surface area contributed by atoms with Gasteiger partial charge in [0, 0.05) is 19.6 Å². The molecule has 0 amide bonds. The Labute approximate surface area is 140 Å². The second kappa shape index (κ2) is 8.31. The molecule has 0 bridgehead atoms. The van der Waals surface area contributed by atoms with Gasteiger partial charge in [-0.25, -0.2) is 4.99 Å². The molecule has 1 aliphatic rings. The molecule has 1 aromatic rings. The molecule has 6 nitrogen and oxygen atoms in total. The van der Waals surface area contributed by atoms with Crippen molar-refractivity contribution in [1.82, 2.24) is 25.4 Å². The monoisotopic (exact) mass is 320 g/mol. The molecular formula is C17H32N6. The van der Waals surface area contributed by atoms with Gasteiger partial charge in [0.2, 0.25) is 0 Å². The van der Waals surface area contributed by atoms with Gasteiger partial charge >= 0.3 is 0 Å². The maximum Gasteiger partial charge on any atom is 0.191 e. The average molecular weight is 320 g/mol. The van der Waals surface area contributed by atoms with E-state index in [4.69, 9.17) is 0 Å². The number of nitrogens with one attached hydrogen (secondary N) is 2. The summed E-state index contributed by atoms with van der Waals surface area (Å²) >= 11 is 0. The fourth-order valence-electron chi connectivity index (χ4n) is 3.42. The van der Waals surface area contributed by atoms with Crippen molar-refractivity contribution in [2.75, 3.05) is 13.1 Å². The Hall–Kier alpha value is -1.59. The molecule has 0 aliphatic heterocycles. The molecule has 1 heterocycles. The van der Waals surface area contributed by atoms with Crippen LogP contribution >= 0.6 is 0 Å². The Bertz CT molecular complexity index is 501. The van der Waals surface area contributed by atoms with Gasteiger partial charge in [-0.1, -0.05) is 20.3 Å². The Morgan fingerprint density at radius 1 is 1.35 bits per heavy atom. The number of aryl methyl sites for hydroxylation is 1. The lowest BCUT2D eigenvalue weighted by atomic mass is 9.64. The summed E-state index contributed by atoms with van der Waals surface area (Å²) in [4.78, 5) is 4.68. The lowest BCUT2D eigenvalue weighted by molar-refractivity contribution is 0.104. The molecule has 2 rings (SSSR count).